The normalized spacial score (nSPS) is 17.9. The maximum atomic E-state index is 4.45. The van der Waals surface area contributed by atoms with Crippen molar-refractivity contribution in [3.8, 4) is 0 Å². The molecule has 0 radical (unpaired) electrons. The summed E-state index contributed by atoms with van der Waals surface area (Å²) in [6, 6.07) is 7.10. The Hall–Kier alpha value is -1.46. The Labute approximate surface area is 130 Å². The van der Waals surface area contributed by atoms with Crippen molar-refractivity contribution in [2.75, 3.05) is 18.0 Å². The van der Waals surface area contributed by atoms with Crippen LogP contribution >= 0.6 is 11.3 Å². The first kappa shape index (κ1) is 14.5. The van der Waals surface area contributed by atoms with E-state index in [9.17, 15) is 0 Å². The van der Waals surface area contributed by atoms with Gasteiger partial charge in [-0.1, -0.05) is 13.0 Å². The van der Waals surface area contributed by atoms with Crippen molar-refractivity contribution in [3.05, 3.63) is 41.0 Å². The predicted octanol–water partition coefficient (Wildman–Crippen LogP) is 3.25. The predicted molar refractivity (Wildman–Crippen MR) is 87.8 cm³/mol. The number of hydrogen-bond donors (Lipinski definition) is 1. The third-order valence-corrected chi connectivity index (χ3v) is 4.95. The Morgan fingerprint density at radius 3 is 2.76 bits per heavy atom. The van der Waals surface area contributed by atoms with E-state index < -0.39 is 0 Å². The minimum Gasteiger partial charge on any atom is -0.357 e. The lowest BCUT2D eigenvalue weighted by Crippen LogP contribution is -2.44. The van der Waals surface area contributed by atoms with Gasteiger partial charge in [-0.2, -0.15) is 0 Å². The highest BCUT2D eigenvalue weighted by Gasteiger charge is 2.23. The van der Waals surface area contributed by atoms with E-state index in [-0.39, 0.29) is 0 Å². The van der Waals surface area contributed by atoms with Crippen LogP contribution in [-0.2, 0) is 0 Å². The molecule has 5 heteroatoms. The number of rotatable bonds is 5. The van der Waals surface area contributed by atoms with Gasteiger partial charge >= 0.3 is 0 Å². The molecular formula is C16H22N4S. The minimum atomic E-state index is 0.399. The summed E-state index contributed by atoms with van der Waals surface area (Å²) in [4.78, 5) is 11.3. The van der Waals surface area contributed by atoms with E-state index in [1.54, 1.807) is 11.3 Å². The molecular weight excluding hydrogens is 280 g/mol. The fourth-order valence-corrected chi connectivity index (χ4v) is 3.65. The molecule has 4 nitrogen and oxygen atoms in total. The lowest BCUT2D eigenvalue weighted by molar-refractivity contribution is 0.363. The van der Waals surface area contributed by atoms with Gasteiger partial charge in [0.25, 0.3) is 0 Å². The molecule has 2 aromatic rings. The van der Waals surface area contributed by atoms with Crippen LogP contribution < -0.4 is 10.2 Å². The molecule has 1 saturated heterocycles. The van der Waals surface area contributed by atoms with Gasteiger partial charge in [-0.05, 0) is 31.4 Å². The minimum absolute atomic E-state index is 0.399. The third kappa shape index (κ3) is 3.60. The summed E-state index contributed by atoms with van der Waals surface area (Å²) in [5.41, 5.74) is 0. The first-order valence-electron chi connectivity index (χ1n) is 7.68. The molecule has 112 valence electrons. The summed E-state index contributed by atoms with van der Waals surface area (Å²) < 4.78 is 0. The van der Waals surface area contributed by atoms with Gasteiger partial charge in [-0.15, -0.1) is 11.3 Å². The van der Waals surface area contributed by atoms with Gasteiger partial charge in [0.1, 0.15) is 10.8 Å². The Bertz CT molecular complexity index is 520. The number of nitrogens with one attached hydrogen (secondary N) is 1. The SMILES string of the molecule is CCC(NC1CCN(c2ccccn2)CC1)c1nccs1. The van der Waals surface area contributed by atoms with Crippen molar-refractivity contribution in [1.82, 2.24) is 15.3 Å². The number of pyridine rings is 1. The summed E-state index contributed by atoms with van der Waals surface area (Å²) in [5.74, 6) is 1.10. The van der Waals surface area contributed by atoms with Crippen LogP contribution in [-0.4, -0.2) is 29.1 Å². The molecule has 0 bridgehead atoms. The molecule has 1 fully saturated rings. The molecule has 1 aliphatic rings. The van der Waals surface area contributed by atoms with Crippen LogP contribution in [0.3, 0.4) is 0 Å². The van der Waals surface area contributed by atoms with E-state index in [4.69, 9.17) is 0 Å². The highest BCUT2D eigenvalue weighted by molar-refractivity contribution is 7.09. The second kappa shape index (κ2) is 7.00. The molecule has 1 N–H and O–H groups in total. The number of anilines is 1. The van der Waals surface area contributed by atoms with Gasteiger partial charge in [0.15, 0.2) is 0 Å². The van der Waals surface area contributed by atoms with E-state index in [1.807, 2.05) is 18.5 Å². The Kier molecular flexibility index (Phi) is 4.83. The van der Waals surface area contributed by atoms with E-state index in [0.717, 1.165) is 25.3 Å². The fourth-order valence-electron chi connectivity index (χ4n) is 2.87. The summed E-state index contributed by atoms with van der Waals surface area (Å²) in [6.07, 6.45) is 7.19. The molecule has 0 spiro atoms. The average molecular weight is 302 g/mol. The van der Waals surface area contributed by atoms with E-state index in [1.165, 1.54) is 17.8 Å². The molecule has 1 aliphatic heterocycles. The van der Waals surface area contributed by atoms with E-state index >= 15 is 0 Å². The summed E-state index contributed by atoms with van der Waals surface area (Å²) >= 11 is 1.75. The molecule has 3 heterocycles. The average Bonchev–Trinajstić information content (AvgIpc) is 3.08. The topological polar surface area (TPSA) is 41.0 Å². The van der Waals surface area contributed by atoms with Crippen molar-refractivity contribution in [1.29, 1.82) is 0 Å². The fraction of sp³-hybridized carbons (Fsp3) is 0.500. The molecule has 0 amide bonds. The van der Waals surface area contributed by atoms with Crippen molar-refractivity contribution in [3.63, 3.8) is 0 Å². The Morgan fingerprint density at radius 1 is 1.29 bits per heavy atom. The zero-order chi connectivity index (χ0) is 14.5. The number of thiazole rings is 1. The van der Waals surface area contributed by atoms with Crippen LogP contribution in [0.4, 0.5) is 5.82 Å². The van der Waals surface area contributed by atoms with Crippen LogP contribution in [0.25, 0.3) is 0 Å². The molecule has 0 aromatic carbocycles. The standard InChI is InChI=1S/C16H22N4S/c1-2-14(16-18-9-12-21-16)19-13-6-10-20(11-7-13)15-5-3-4-8-17-15/h3-5,8-9,12-14,19H,2,6-7,10-11H2,1H3. The van der Waals surface area contributed by atoms with Crippen LogP contribution in [0.5, 0.6) is 0 Å². The summed E-state index contributed by atoms with van der Waals surface area (Å²) in [6.45, 7) is 4.37. The lowest BCUT2D eigenvalue weighted by atomic mass is 10.0. The van der Waals surface area contributed by atoms with Gasteiger partial charge < -0.3 is 10.2 Å². The number of nitrogens with zero attached hydrogens (tertiary/aromatic N) is 3. The van der Waals surface area contributed by atoms with Gasteiger partial charge in [-0.25, -0.2) is 9.97 Å². The molecule has 0 aliphatic carbocycles. The largest absolute Gasteiger partial charge is 0.357 e. The monoisotopic (exact) mass is 302 g/mol. The van der Waals surface area contributed by atoms with Crippen molar-refractivity contribution in [2.45, 2.75) is 38.3 Å². The van der Waals surface area contributed by atoms with Crippen molar-refractivity contribution < 1.29 is 0 Å². The zero-order valence-corrected chi connectivity index (χ0v) is 13.2. The Balaban J connectivity index is 1.54. The lowest BCUT2D eigenvalue weighted by Gasteiger charge is -2.34. The molecule has 2 aromatic heterocycles. The maximum absolute atomic E-state index is 4.45. The van der Waals surface area contributed by atoms with Crippen molar-refractivity contribution in [2.24, 2.45) is 0 Å². The summed E-state index contributed by atoms with van der Waals surface area (Å²) in [5, 5.41) is 7.05. The van der Waals surface area contributed by atoms with Crippen LogP contribution in [0.1, 0.15) is 37.2 Å². The van der Waals surface area contributed by atoms with Gasteiger partial charge in [0.05, 0.1) is 6.04 Å². The third-order valence-electron chi connectivity index (χ3n) is 4.06. The van der Waals surface area contributed by atoms with Gasteiger partial charge in [0.2, 0.25) is 0 Å². The number of piperidine rings is 1. The van der Waals surface area contributed by atoms with Crippen LogP contribution in [0.15, 0.2) is 36.0 Å². The smallest absolute Gasteiger partial charge is 0.128 e. The van der Waals surface area contributed by atoms with E-state index in [0.29, 0.717) is 12.1 Å². The van der Waals surface area contributed by atoms with Crippen LogP contribution in [0.2, 0.25) is 0 Å². The number of hydrogen-bond acceptors (Lipinski definition) is 5. The maximum Gasteiger partial charge on any atom is 0.128 e. The molecule has 1 unspecified atom stereocenters. The van der Waals surface area contributed by atoms with E-state index in [2.05, 4.69) is 44.6 Å². The molecule has 21 heavy (non-hydrogen) atoms. The van der Waals surface area contributed by atoms with Crippen LogP contribution in [0, 0.1) is 0 Å². The molecule has 0 saturated carbocycles. The zero-order valence-electron chi connectivity index (χ0n) is 12.4. The van der Waals surface area contributed by atoms with Crippen molar-refractivity contribution >= 4 is 17.2 Å². The Morgan fingerprint density at radius 2 is 2.14 bits per heavy atom. The first-order chi connectivity index (χ1) is 10.4. The summed E-state index contributed by atoms with van der Waals surface area (Å²) in [7, 11) is 0. The second-order valence-corrected chi connectivity index (χ2v) is 6.37. The molecule has 3 rings (SSSR count). The quantitative estimate of drug-likeness (QED) is 0.920. The highest BCUT2D eigenvalue weighted by Crippen LogP contribution is 2.23. The first-order valence-corrected chi connectivity index (χ1v) is 8.56. The molecule has 1 atom stereocenters. The number of aromatic nitrogens is 2. The van der Waals surface area contributed by atoms with Gasteiger partial charge in [-0.3, -0.25) is 0 Å². The highest BCUT2D eigenvalue weighted by atomic mass is 32.1. The van der Waals surface area contributed by atoms with Gasteiger partial charge in [0, 0.05) is 36.9 Å². The second-order valence-electron chi connectivity index (χ2n) is 5.45.